The van der Waals surface area contributed by atoms with E-state index in [1.54, 1.807) is 13.4 Å². The first-order valence-electron chi connectivity index (χ1n) is 10.6. The number of hydrogen-bond acceptors (Lipinski definition) is 8. The number of imidazole rings is 1. The largest absolute Gasteiger partial charge is 0.497 e. The molecule has 3 heterocycles. The van der Waals surface area contributed by atoms with Crippen LogP contribution in [0.1, 0.15) is 5.56 Å². The molecule has 2 aromatic heterocycles. The van der Waals surface area contributed by atoms with E-state index in [1.165, 1.54) is 5.69 Å². The molecule has 0 radical (unpaired) electrons. The zero-order valence-electron chi connectivity index (χ0n) is 17.8. The highest BCUT2D eigenvalue weighted by molar-refractivity contribution is 5.84. The number of nitrogens with zero attached hydrogens (tertiary/aromatic N) is 4. The Morgan fingerprint density at radius 2 is 1.81 bits per heavy atom. The molecule has 1 fully saturated rings. The quantitative estimate of drug-likeness (QED) is 0.408. The summed E-state index contributed by atoms with van der Waals surface area (Å²) in [6, 6.07) is 16.2. The molecule has 1 saturated heterocycles. The van der Waals surface area contributed by atoms with Crippen LogP contribution in [0, 0.1) is 0 Å². The second-order valence-corrected chi connectivity index (χ2v) is 7.47. The van der Waals surface area contributed by atoms with Gasteiger partial charge in [0.25, 0.3) is 0 Å². The first-order chi connectivity index (χ1) is 15.8. The van der Waals surface area contributed by atoms with E-state index in [0.717, 1.165) is 48.8 Å². The van der Waals surface area contributed by atoms with Crippen LogP contribution in [-0.4, -0.2) is 53.3 Å². The monoisotopic (exact) mass is 431 g/mol. The second-order valence-electron chi connectivity index (χ2n) is 7.47. The van der Waals surface area contributed by atoms with Crippen molar-refractivity contribution in [3.63, 3.8) is 0 Å². The minimum atomic E-state index is 0.487. The fraction of sp³-hybridized carbons (Fsp3) is 0.261. The molecule has 0 atom stereocenters. The molecule has 1 aliphatic heterocycles. The van der Waals surface area contributed by atoms with Crippen molar-refractivity contribution in [3.8, 4) is 5.75 Å². The van der Waals surface area contributed by atoms with Crippen molar-refractivity contribution >= 4 is 34.3 Å². The van der Waals surface area contributed by atoms with Gasteiger partial charge in [-0.25, -0.2) is 4.98 Å². The van der Waals surface area contributed by atoms with Crippen molar-refractivity contribution < 1.29 is 9.47 Å². The second kappa shape index (κ2) is 9.11. The van der Waals surface area contributed by atoms with Gasteiger partial charge in [-0.15, -0.1) is 0 Å². The van der Waals surface area contributed by atoms with Crippen LogP contribution < -0.4 is 20.3 Å². The molecule has 9 nitrogen and oxygen atoms in total. The van der Waals surface area contributed by atoms with Crippen molar-refractivity contribution in [1.29, 1.82) is 0 Å². The summed E-state index contributed by atoms with van der Waals surface area (Å²) >= 11 is 0. The molecule has 1 aliphatic rings. The Labute approximate surface area is 185 Å². The van der Waals surface area contributed by atoms with Crippen LogP contribution in [0.3, 0.4) is 0 Å². The lowest BCUT2D eigenvalue weighted by Crippen LogP contribution is -2.36. The Morgan fingerprint density at radius 3 is 2.56 bits per heavy atom. The van der Waals surface area contributed by atoms with Crippen LogP contribution in [0.25, 0.3) is 11.2 Å². The molecule has 0 aliphatic carbocycles. The number of nitrogens with one attached hydrogen (secondary N) is 3. The first-order valence-corrected chi connectivity index (χ1v) is 10.6. The van der Waals surface area contributed by atoms with Gasteiger partial charge >= 0.3 is 0 Å². The van der Waals surface area contributed by atoms with Crippen molar-refractivity contribution in [2.24, 2.45) is 0 Å². The standard InChI is InChI=1S/C23H25N7O2/c1-31-19-8-2-16(3-9-19)14-24-21-20-22(26-15-25-20)29-23(28-21)27-17-4-6-18(7-5-17)30-10-12-32-13-11-30/h2-9,15H,10-14H2,1H3,(H3,24,25,26,27,28,29). The number of fused-ring (bicyclic) bond motifs is 1. The molecule has 0 spiro atoms. The van der Waals surface area contributed by atoms with Gasteiger partial charge in [0, 0.05) is 31.0 Å². The van der Waals surface area contributed by atoms with E-state index in [9.17, 15) is 0 Å². The number of anilines is 4. The molecule has 164 valence electrons. The zero-order chi connectivity index (χ0) is 21.8. The fourth-order valence-corrected chi connectivity index (χ4v) is 3.65. The van der Waals surface area contributed by atoms with Gasteiger partial charge in [0.15, 0.2) is 11.5 Å². The van der Waals surface area contributed by atoms with E-state index in [4.69, 9.17) is 9.47 Å². The Hall–Kier alpha value is -3.85. The average molecular weight is 432 g/mol. The third-order valence-corrected chi connectivity index (χ3v) is 5.40. The van der Waals surface area contributed by atoms with Crippen LogP contribution in [0.2, 0.25) is 0 Å². The van der Waals surface area contributed by atoms with E-state index in [-0.39, 0.29) is 0 Å². The lowest BCUT2D eigenvalue weighted by Gasteiger charge is -2.28. The molecular formula is C23H25N7O2. The Kier molecular flexibility index (Phi) is 5.71. The number of morpholine rings is 1. The molecule has 0 amide bonds. The van der Waals surface area contributed by atoms with Gasteiger partial charge in [0.05, 0.1) is 26.7 Å². The molecule has 0 unspecified atom stereocenters. The van der Waals surface area contributed by atoms with Crippen molar-refractivity contribution in [1.82, 2.24) is 19.9 Å². The number of methoxy groups -OCH3 is 1. The first kappa shape index (κ1) is 20.1. The van der Waals surface area contributed by atoms with Crippen LogP contribution in [-0.2, 0) is 11.3 Å². The summed E-state index contributed by atoms with van der Waals surface area (Å²) in [5.41, 5.74) is 4.59. The van der Waals surface area contributed by atoms with E-state index >= 15 is 0 Å². The molecule has 2 aromatic carbocycles. The van der Waals surface area contributed by atoms with Gasteiger partial charge in [-0.05, 0) is 42.0 Å². The predicted molar refractivity (Wildman–Crippen MR) is 125 cm³/mol. The number of benzene rings is 2. The van der Waals surface area contributed by atoms with E-state index < -0.39 is 0 Å². The fourth-order valence-electron chi connectivity index (χ4n) is 3.65. The van der Waals surface area contributed by atoms with Gasteiger partial charge in [0.1, 0.15) is 11.3 Å². The Balaban J connectivity index is 1.32. The summed E-state index contributed by atoms with van der Waals surface area (Å²) in [6.07, 6.45) is 1.62. The highest BCUT2D eigenvalue weighted by atomic mass is 16.5. The SMILES string of the molecule is COc1ccc(CNc2nc(Nc3ccc(N4CCOCC4)cc3)nc3nc[nH]c23)cc1. The average Bonchev–Trinajstić information content (AvgIpc) is 3.33. The maximum atomic E-state index is 5.43. The summed E-state index contributed by atoms with van der Waals surface area (Å²) < 4.78 is 10.7. The van der Waals surface area contributed by atoms with Crippen molar-refractivity contribution in [2.45, 2.75) is 6.54 Å². The number of aromatic amines is 1. The number of H-pyrrole nitrogens is 1. The van der Waals surface area contributed by atoms with Gasteiger partial charge in [-0.1, -0.05) is 12.1 Å². The smallest absolute Gasteiger partial charge is 0.231 e. The maximum Gasteiger partial charge on any atom is 0.231 e. The maximum absolute atomic E-state index is 5.43. The van der Waals surface area contributed by atoms with E-state index in [2.05, 4.69) is 47.6 Å². The molecular weight excluding hydrogens is 406 g/mol. The molecule has 0 saturated carbocycles. The van der Waals surface area contributed by atoms with Crippen LogP contribution >= 0.6 is 0 Å². The lowest BCUT2D eigenvalue weighted by atomic mass is 10.2. The molecule has 0 bridgehead atoms. The minimum absolute atomic E-state index is 0.487. The normalized spacial score (nSPS) is 13.8. The summed E-state index contributed by atoms with van der Waals surface area (Å²) in [6.45, 7) is 3.97. The van der Waals surface area contributed by atoms with Crippen molar-refractivity contribution in [2.75, 3.05) is 48.9 Å². The highest BCUT2D eigenvalue weighted by Crippen LogP contribution is 2.24. The third kappa shape index (κ3) is 4.42. The molecule has 5 rings (SSSR count). The molecule has 3 N–H and O–H groups in total. The van der Waals surface area contributed by atoms with Gasteiger partial charge in [-0.3, -0.25) is 0 Å². The van der Waals surface area contributed by atoms with Gasteiger partial charge < -0.3 is 30.0 Å². The predicted octanol–water partition coefficient (Wildman–Crippen LogP) is 3.55. The van der Waals surface area contributed by atoms with Crippen LogP contribution in [0.4, 0.5) is 23.1 Å². The number of aromatic nitrogens is 4. The van der Waals surface area contributed by atoms with Crippen LogP contribution in [0.15, 0.2) is 54.9 Å². The topological polar surface area (TPSA) is 100 Å². The van der Waals surface area contributed by atoms with Gasteiger partial charge in [-0.2, -0.15) is 9.97 Å². The Bertz CT molecular complexity index is 1170. The third-order valence-electron chi connectivity index (χ3n) is 5.40. The van der Waals surface area contributed by atoms with E-state index in [0.29, 0.717) is 24.0 Å². The van der Waals surface area contributed by atoms with Crippen LogP contribution in [0.5, 0.6) is 5.75 Å². The Morgan fingerprint density at radius 1 is 1.03 bits per heavy atom. The molecule has 9 heteroatoms. The molecule has 32 heavy (non-hydrogen) atoms. The summed E-state index contributed by atoms with van der Waals surface area (Å²) in [5.74, 6) is 2.01. The number of hydrogen-bond donors (Lipinski definition) is 3. The van der Waals surface area contributed by atoms with E-state index in [1.807, 2.05) is 36.4 Å². The number of ether oxygens (including phenoxy) is 2. The zero-order valence-corrected chi connectivity index (χ0v) is 17.8. The lowest BCUT2D eigenvalue weighted by molar-refractivity contribution is 0.122. The number of rotatable bonds is 7. The molecule has 4 aromatic rings. The summed E-state index contributed by atoms with van der Waals surface area (Å²) in [5, 5.41) is 6.68. The minimum Gasteiger partial charge on any atom is -0.497 e. The van der Waals surface area contributed by atoms with Crippen molar-refractivity contribution in [3.05, 3.63) is 60.4 Å². The summed E-state index contributed by atoms with van der Waals surface area (Å²) in [7, 11) is 1.66. The highest BCUT2D eigenvalue weighted by Gasteiger charge is 2.12. The summed E-state index contributed by atoms with van der Waals surface area (Å²) in [4.78, 5) is 19.0. The van der Waals surface area contributed by atoms with Gasteiger partial charge in [0.2, 0.25) is 5.95 Å².